The minimum absolute atomic E-state index is 0.0131. The topological polar surface area (TPSA) is 122 Å². The summed E-state index contributed by atoms with van der Waals surface area (Å²) in [6, 6.07) is 2.54. The van der Waals surface area contributed by atoms with Crippen LogP contribution >= 0.6 is 0 Å². The lowest BCUT2D eigenvalue weighted by molar-refractivity contribution is -0.114. The second-order valence-corrected chi connectivity index (χ2v) is 5.26. The van der Waals surface area contributed by atoms with Gasteiger partial charge < -0.3 is 16.2 Å². The number of nitrogens with two attached hydrogens (primary N) is 1. The summed E-state index contributed by atoms with van der Waals surface area (Å²) in [5.41, 5.74) is 5.75. The van der Waals surface area contributed by atoms with Crippen LogP contribution in [0.15, 0.2) is 12.1 Å². The number of sulfonamides is 1. The molecule has 5 N–H and O–H groups in total. The van der Waals surface area contributed by atoms with Gasteiger partial charge in [0.25, 0.3) is 0 Å². The average molecular weight is 259 g/mol. The quantitative estimate of drug-likeness (QED) is 0.459. The van der Waals surface area contributed by atoms with Crippen molar-refractivity contribution < 1.29 is 18.3 Å². The Balaban J connectivity index is 3.15. The number of amides is 1. The SMILES string of the molecule is CC(=O)Nc1cc(N)c(NS(C)(=O)=O)c(O)c1. The van der Waals surface area contributed by atoms with E-state index in [9.17, 15) is 18.3 Å². The highest BCUT2D eigenvalue weighted by Gasteiger charge is 2.12. The molecule has 8 heteroatoms. The van der Waals surface area contributed by atoms with Gasteiger partial charge in [-0.15, -0.1) is 0 Å². The lowest BCUT2D eigenvalue weighted by atomic mass is 10.2. The van der Waals surface area contributed by atoms with E-state index in [0.29, 0.717) is 0 Å². The van der Waals surface area contributed by atoms with E-state index in [2.05, 4.69) is 10.0 Å². The van der Waals surface area contributed by atoms with Crippen LogP contribution in [0, 0.1) is 0 Å². The average Bonchev–Trinajstić information content (AvgIpc) is 2.08. The zero-order valence-electron chi connectivity index (χ0n) is 9.31. The van der Waals surface area contributed by atoms with E-state index in [1.807, 2.05) is 0 Å². The van der Waals surface area contributed by atoms with Crippen molar-refractivity contribution in [2.75, 3.05) is 22.0 Å². The third-order valence-corrected chi connectivity index (χ3v) is 2.33. The molecule has 0 aromatic heterocycles. The zero-order chi connectivity index (χ0) is 13.2. The number of carbonyl (C=O) groups is 1. The molecule has 0 aliphatic rings. The summed E-state index contributed by atoms with van der Waals surface area (Å²) in [5, 5.41) is 12.0. The number of nitrogens with one attached hydrogen (secondary N) is 2. The van der Waals surface area contributed by atoms with Gasteiger partial charge in [0, 0.05) is 18.7 Å². The van der Waals surface area contributed by atoms with Crippen LogP contribution in [0.25, 0.3) is 0 Å². The molecule has 7 nitrogen and oxygen atoms in total. The van der Waals surface area contributed by atoms with Crippen LogP contribution < -0.4 is 15.8 Å². The number of rotatable bonds is 3. The molecule has 0 radical (unpaired) electrons. The third-order valence-electron chi connectivity index (χ3n) is 1.76. The summed E-state index contributed by atoms with van der Waals surface area (Å²) in [7, 11) is -3.54. The van der Waals surface area contributed by atoms with E-state index in [1.165, 1.54) is 19.1 Å². The molecule has 0 saturated heterocycles. The number of benzene rings is 1. The normalized spacial score (nSPS) is 10.9. The molecule has 0 aliphatic carbocycles. The van der Waals surface area contributed by atoms with Crippen molar-refractivity contribution in [3.05, 3.63) is 12.1 Å². The number of nitrogen functional groups attached to an aromatic ring is 1. The lowest BCUT2D eigenvalue weighted by Crippen LogP contribution is -2.12. The maximum absolute atomic E-state index is 11.0. The number of aromatic hydroxyl groups is 1. The molecule has 17 heavy (non-hydrogen) atoms. The fraction of sp³-hybridized carbons (Fsp3) is 0.222. The summed E-state index contributed by atoms with van der Waals surface area (Å²) in [6.07, 6.45) is 0.938. The number of phenols is 1. The van der Waals surface area contributed by atoms with Crippen LogP contribution in [0.4, 0.5) is 17.1 Å². The van der Waals surface area contributed by atoms with Crippen LogP contribution in [-0.4, -0.2) is 25.7 Å². The molecule has 1 aromatic carbocycles. The summed E-state index contributed by atoms with van der Waals surface area (Å²) >= 11 is 0. The molecule has 0 spiro atoms. The van der Waals surface area contributed by atoms with E-state index >= 15 is 0 Å². The number of carbonyl (C=O) groups excluding carboxylic acids is 1. The minimum atomic E-state index is -3.54. The van der Waals surface area contributed by atoms with Gasteiger partial charge in [-0.1, -0.05) is 0 Å². The molecule has 1 aromatic rings. The Hall–Kier alpha value is -1.96. The Labute approximate surface area is 98.7 Å². The molecule has 0 saturated carbocycles. The second kappa shape index (κ2) is 4.50. The van der Waals surface area contributed by atoms with Crippen LogP contribution in [0.5, 0.6) is 5.75 Å². The highest BCUT2D eigenvalue weighted by atomic mass is 32.2. The predicted molar refractivity (Wildman–Crippen MR) is 65.3 cm³/mol. The van der Waals surface area contributed by atoms with Crippen molar-refractivity contribution in [1.29, 1.82) is 0 Å². The summed E-state index contributed by atoms with van der Waals surface area (Å²) in [6.45, 7) is 1.30. The summed E-state index contributed by atoms with van der Waals surface area (Å²) in [4.78, 5) is 10.8. The van der Waals surface area contributed by atoms with Crippen molar-refractivity contribution in [3.8, 4) is 5.75 Å². The standard InChI is InChI=1S/C9H13N3O4S/c1-5(13)11-6-3-7(10)9(8(14)4-6)12-17(2,15)16/h3-4,12,14H,10H2,1-2H3,(H,11,13). The molecule has 1 rings (SSSR count). The third kappa shape index (κ3) is 3.83. The molecular formula is C9H13N3O4S. The van der Waals surface area contributed by atoms with Gasteiger partial charge in [-0.05, 0) is 6.07 Å². The molecule has 0 bridgehead atoms. The van der Waals surface area contributed by atoms with Gasteiger partial charge in [0.15, 0.2) is 0 Å². The van der Waals surface area contributed by atoms with Gasteiger partial charge in [0.05, 0.1) is 11.9 Å². The fourth-order valence-corrected chi connectivity index (χ4v) is 1.81. The van der Waals surface area contributed by atoms with Gasteiger partial charge in [-0.3, -0.25) is 9.52 Å². The first-order valence-electron chi connectivity index (χ1n) is 4.57. The van der Waals surface area contributed by atoms with Gasteiger partial charge >= 0.3 is 0 Å². The van der Waals surface area contributed by atoms with Crippen molar-refractivity contribution >= 4 is 33.0 Å². The highest BCUT2D eigenvalue weighted by Crippen LogP contribution is 2.34. The Morgan fingerprint density at radius 2 is 2.00 bits per heavy atom. The van der Waals surface area contributed by atoms with Gasteiger partial charge in [0.2, 0.25) is 15.9 Å². The number of hydrogen-bond acceptors (Lipinski definition) is 5. The maximum Gasteiger partial charge on any atom is 0.230 e. The first-order chi connectivity index (χ1) is 7.69. The first-order valence-corrected chi connectivity index (χ1v) is 6.46. The molecular weight excluding hydrogens is 246 g/mol. The number of hydrogen-bond donors (Lipinski definition) is 4. The monoisotopic (exact) mass is 259 g/mol. The van der Waals surface area contributed by atoms with E-state index in [1.54, 1.807) is 0 Å². The molecule has 94 valence electrons. The Morgan fingerprint density at radius 3 is 2.41 bits per heavy atom. The second-order valence-electron chi connectivity index (χ2n) is 3.52. The lowest BCUT2D eigenvalue weighted by Gasteiger charge is -2.12. The van der Waals surface area contributed by atoms with Crippen molar-refractivity contribution in [3.63, 3.8) is 0 Å². The Kier molecular flexibility index (Phi) is 3.47. The maximum atomic E-state index is 11.0. The fourth-order valence-electron chi connectivity index (χ4n) is 1.22. The van der Waals surface area contributed by atoms with Crippen LogP contribution in [0.3, 0.4) is 0 Å². The van der Waals surface area contributed by atoms with Crippen LogP contribution in [-0.2, 0) is 14.8 Å². The number of phenolic OH excluding ortho intramolecular Hbond substituents is 1. The molecule has 0 unspecified atom stereocenters. The smallest absolute Gasteiger partial charge is 0.230 e. The summed E-state index contributed by atoms with van der Waals surface area (Å²) in [5.74, 6) is -0.688. The Bertz CT molecular complexity index is 530. The molecule has 0 aliphatic heterocycles. The van der Waals surface area contributed by atoms with Crippen LogP contribution in [0.2, 0.25) is 0 Å². The Morgan fingerprint density at radius 1 is 1.41 bits per heavy atom. The highest BCUT2D eigenvalue weighted by molar-refractivity contribution is 7.92. The summed E-state index contributed by atoms with van der Waals surface area (Å²) < 4.78 is 24.1. The van der Waals surface area contributed by atoms with E-state index in [4.69, 9.17) is 5.73 Å². The van der Waals surface area contributed by atoms with Gasteiger partial charge in [0.1, 0.15) is 11.4 Å². The van der Waals surface area contributed by atoms with Crippen molar-refractivity contribution in [1.82, 2.24) is 0 Å². The van der Waals surface area contributed by atoms with Gasteiger partial charge in [-0.2, -0.15) is 0 Å². The van der Waals surface area contributed by atoms with Crippen molar-refractivity contribution in [2.45, 2.75) is 6.92 Å². The molecule has 0 fully saturated rings. The molecule has 0 heterocycles. The zero-order valence-corrected chi connectivity index (χ0v) is 10.1. The van der Waals surface area contributed by atoms with E-state index in [-0.39, 0.29) is 28.7 Å². The van der Waals surface area contributed by atoms with Gasteiger partial charge in [-0.25, -0.2) is 8.42 Å². The largest absolute Gasteiger partial charge is 0.506 e. The number of anilines is 3. The van der Waals surface area contributed by atoms with E-state index in [0.717, 1.165) is 6.26 Å². The predicted octanol–water partition coefficient (Wildman–Crippen LogP) is 0.304. The van der Waals surface area contributed by atoms with E-state index < -0.39 is 10.0 Å². The first kappa shape index (κ1) is 13.1. The van der Waals surface area contributed by atoms with Crippen molar-refractivity contribution in [2.24, 2.45) is 0 Å². The molecule has 0 atom stereocenters. The molecule has 1 amide bonds. The van der Waals surface area contributed by atoms with Crippen LogP contribution in [0.1, 0.15) is 6.92 Å². The minimum Gasteiger partial charge on any atom is -0.506 e.